The van der Waals surface area contributed by atoms with Crippen molar-refractivity contribution in [2.45, 2.75) is 45.2 Å². The summed E-state index contributed by atoms with van der Waals surface area (Å²) in [6.45, 7) is 5.21. The number of aromatic nitrogens is 2. The van der Waals surface area contributed by atoms with Crippen LogP contribution in [0.25, 0.3) is 0 Å². The molecule has 106 valence electrons. The van der Waals surface area contributed by atoms with Crippen molar-refractivity contribution in [3.8, 4) is 0 Å². The second kappa shape index (κ2) is 5.40. The second-order valence-electron chi connectivity index (χ2n) is 5.59. The molecule has 3 rings (SSSR count). The van der Waals surface area contributed by atoms with Crippen LogP contribution >= 0.6 is 11.3 Å². The van der Waals surface area contributed by atoms with Crippen LogP contribution in [0, 0.1) is 0 Å². The number of nitrogen functional groups attached to an aromatic ring is 1. The van der Waals surface area contributed by atoms with Gasteiger partial charge in [-0.25, -0.2) is 9.97 Å². The van der Waals surface area contributed by atoms with Gasteiger partial charge in [-0.3, -0.25) is 0 Å². The largest absolute Gasteiger partial charge is 0.383 e. The minimum absolute atomic E-state index is 0.329. The van der Waals surface area contributed by atoms with E-state index in [1.807, 2.05) is 0 Å². The maximum absolute atomic E-state index is 6.08. The standard InChI is InChI=1S/C15H20N4S/c1-10(2)13-14(16)17-9-18-15(13)19(11-5-6-11)8-12-4-3-7-20-12/h3-4,7,9-11H,5-6,8H2,1-2H3,(H2,16,17,18). The topological polar surface area (TPSA) is 55.0 Å². The van der Waals surface area contributed by atoms with Crippen molar-refractivity contribution in [2.24, 2.45) is 0 Å². The summed E-state index contributed by atoms with van der Waals surface area (Å²) in [4.78, 5) is 12.5. The fourth-order valence-electron chi connectivity index (χ4n) is 2.52. The number of anilines is 2. The van der Waals surface area contributed by atoms with E-state index in [4.69, 9.17) is 5.73 Å². The van der Waals surface area contributed by atoms with Gasteiger partial charge in [0.25, 0.3) is 0 Å². The number of nitrogens with zero attached hydrogens (tertiary/aromatic N) is 3. The zero-order valence-corrected chi connectivity index (χ0v) is 12.7. The summed E-state index contributed by atoms with van der Waals surface area (Å²) < 4.78 is 0. The van der Waals surface area contributed by atoms with Gasteiger partial charge in [0.1, 0.15) is 18.0 Å². The van der Waals surface area contributed by atoms with Gasteiger partial charge in [-0.15, -0.1) is 11.3 Å². The van der Waals surface area contributed by atoms with E-state index in [0.29, 0.717) is 17.8 Å². The van der Waals surface area contributed by atoms with Gasteiger partial charge >= 0.3 is 0 Å². The summed E-state index contributed by atoms with van der Waals surface area (Å²) in [5.41, 5.74) is 7.16. The Labute approximate surface area is 123 Å². The molecule has 2 heterocycles. The molecular weight excluding hydrogens is 268 g/mol. The normalized spacial score (nSPS) is 14.8. The van der Waals surface area contributed by atoms with Gasteiger partial charge in [0.15, 0.2) is 0 Å². The first-order valence-corrected chi connectivity index (χ1v) is 7.94. The maximum atomic E-state index is 6.08. The Morgan fingerprint density at radius 3 is 2.80 bits per heavy atom. The molecule has 2 aromatic rings. The van der Waals surface area contributed by atoms with Crippen LogP contribution in [0.15, 0.2) is 23.8 Å². The number of thiophene rings is 1. The lowest BCUT2D eigenvalue weighted by Gasteiger charge is -2.26. The van der Waals surface area contributed by atoms with Crippen LogP contribution in [0.5, 0.6) is 0 Å². The monoisotopic (exact) mass is 288 g/mol. The third kappa shape index (κ3) is 2.63. The van der Waals surface area contributed by atoms with Crippen LogP contribution < -0.4 is 10.6 Å². The van der Waals surface area contributed by atoms with E-state index in [1.165, 1.54) is 17.7 Å². The van der Waals surface area contributed by atoms with Crippen molar-refractivity contribution >= 4 is 23.0 Å². The minimum Gasteiger partial charge on any atom is -0.383 e. The lowest BCUT2D eigenvalue weighted by Crippen LogP contribution is -2.27. The van der Waals surface area contributed by atoms with E-state index in [2.05, 4.69) is 46.2 Å². The van der Waals surface area contributed by atoms with Gasteiger partial charge in [-0.1, -0.05) is 19.9 Å². The van der Waals surface area contributed by atoms with E-state index in [9.17, 15) is 0 Å². The average Bonchev–Trinajstić information content (AvgIpc) is 3.12. The number of hydrogen-bond donors (Lipinski definition) is 1. The summed E-state index contributed by atoms with van der Waals surface area (Å²) in [7, 11) is 0. The SMILES string of the molecule is CC(C)c1c(N)ncnc1N(Cc1cccs1)C1CC1. The molecule has 0 unspecified atom stereocenters. The van der Waals surface area contributed by atoms with Crippen LogP contribution in [-0.2, 0) is 6.54 Å². The van der Waals surface area contributed by atoms with E-state index in [-0.39, 0.29) is 0 Å². The molecule has 2 N–H and O–H groups in total. The predicted molar refractivity (Wildman–Crippen MR) is 84.1 cm³/mol. The van der Waals surface area contributed by atoms with Crippen LogP contribution in [-0.4, -0.2) is 16.0 Å². The highest BCUT2D eigenvalue weighted by Gasteiger charge is 2.32. The molecule has 0 aromatic carbocycles. The van der Waals surface area contributed by atoms with Crippen molar-refractivity contribution in [3.63, 3.8) is 0 Å². The summed E-state index contributed by atoms with van der Waals surface area (Å²) >= 11 is 1.79. The zero-order valence-electron chi connectivity index (χ0n) is 11.9. The highest BCUT2D eigenvalue weighted by atomic mass is 32.1. The van der Waals surface area contributed by atoms with Gasteiger partial charge in [0.2, 0.25) is 0 Å². The summed E-state index contributed by atoms with van der Waals surface area (Å²) in [5.74, 6) is 1.96. The minimum atomic E-state index is 0.329. The first-order valence-electron chi connectivity index (χ1n) is 7.06. The number of nitrogens with two attached hydrogens (primary N) is 1. The van der Waals surface area contributed by atoms with Crippen molar-refractivity contribution in [1.29, 1.82) is 0 Å². The van der Waals surface area contributed by atoms with Gasteiger partial charge < -0.3 is 10.6 Å². The highest BCUT2D eigenvalue weighted by molar-refractivity contribution is 7.09. The quantitative estimate of drug-likeness (QED) is 0.916. The van der Waals surface area contributed by atoms with Crippen LogP contribution in [0.2, 0.25) is 0 Å². The molecule has 1 saturated carbocycles. The summed E-state index contributed by atoms with van der Waals surface area (Å²) in [6.07, 6.45) is 4.07. The average molecular weight is 288 g/mol. The van der Waals surface area contributed by atoms with E-state index < -0.39 is 0 Å². The summed E-state index contributed by atoms with van der Waals surface area (Å²) in [6, 6.07) is 4.88. The molecule has 20 heavy (non-hydrogen) atoms. The lowest BCUT2D eigenvalue weighted by atomic mass is 10.0. The van der Waals surface area contributed by atoms with Gasteiger partial charge in [0, 0.05) is 16.5 Å². The van der Waals surface area contributed by atoms with Crippen molar-refractivity contribution in [3.05, 3.63) is 34.3 Å². The Hall–Kier alpha value is -1.62. The molecule has 1 aliphatic rings. The molecule has 0 aliphatic heterocycles. The van der Waals surface area contributed by atoms with Crippen LogP contribution in [0.4, 0.5) is 11.6 Å². The van der Waals surface area contributed by atoms with Crippen molar-refractivity contribution in [1.82, 2.24) is 9.97 Å². The van der Waals surface area contributed by atoms with Crippen molar-refractivity contribution in [2.75, 3.05) is 10.6 Å². The fourth-order valence-corrected chi connectivity index (χ4v) is 3.22. The molecule has 0 spiro atoms. The molecular formula is C15H20N4S. The van der Waals surface area contributed by atoms with E-state index in [0.717, 1.165) is 17.9 Å². The molecule has 0 radical (unpaired) electrons. The van der Waals surface area contributed by atoms with Crippen LogP contribution in [0.1, 0.15) is 43.0 Å². The zero-order chi connectivity index (χ0) is 14.1. The third-order valence-corrected chi connectivity index (χ3v) is 4.50. The van der Waals surface area contributed by atoms with Gasteiger partial charge in [-0.05, 0) is 30.2 Å². The Balaban J connectivity index is 1.97. The third-order valence-electron chi connectivity index (χ3n) is 3.64. The molecule has 4 nitrogen and oxygen atoms in total. The molecule has 1 fully saturated rings. The Morgan fingerprint density at radius 2 is 2.20 bits per heavy atom. The fraction of sp³-hybridized carbons (Fsp3) is 0.467. The molecule has 0 atom stereocenters. The Bertz CT molecular complexity index is 576. The second-order valence-corrected chi connectivity index (χ2v) is 6.62. The first kappa shape index (κ1) is 13.4. The maximum Gasteiger partial charge on any atom is 0.138 e. The Kier molecular flexibility index (Phi) is 3.61. The predicted octanol–water partition coefficient (Wildman–Crippen LogP) is 3.41. The van der Waals surface area contributed by atoms with Crippen molar-refractivity contribution < 1.29 is 0 Å². The van der Waals surface area contributed by atoms with Gasteiger partial charge in [-0.2, -0.15) is 0 Å². The Morgan fingerprint density at radius 1 is 1.40 bits per heavy atom. The molecule has 0 bridgehead atoms. The van der Waals surface area contributed by atoms with Crippen LogP contribution in [0.3, 0.4) is 0 Å². The molecule has 1 aliphatic carbocycles. The molecule has 2 aromatic heterocycles. The smallest absolute Gasteiger partial charge is 0.138 e. The number of rotatable bonds is 5. The first-order chi connectivity index (χ1) is 9.66. The van der Waals surface area contributed by atoms with E-state index in [1.54, 1.807) is 17.7 Å². The lowest BCUT2D eigenvalue weighted by molar-refractivity contribution is 0.754. The molecule has 0 amide bonds. The van der Waals surface area contributed by atoms with Gasteiger partial charge in [0.05, 0.1) is 6.54 Å². The molecule has 5 heteroatoms. The number of hydrogen-bond acceptors (Lipinski definition) is 5. The molecule has 0 saturated heterocycles. The highest BCUT2D eigenvalue weighted by Crippen LogP contribution is 2.37. The summed E-state index contributed by atoms with van der Waals surface area (Å²) in [5, 5.41) is 2.12. The van der Waals surface area contributed by atoms with E-state index >= 15 is 0 Å².